The highest BCUT2D eigenvalue weighted by atomic mass is 79.9. The fourth-order valence-corrected chi connectivity index (χ4v) is 1.10. The maximum absolute atomic E-state index is 11.7. The minimum absolute atomic E-state index is 0.222. The summed E-state index contributed by atoms with van der Waals surface area (Å²) in [5.74, 6) is 0.285. The lowest BCUT2D eigenvalue weighted by molar-refractivity contribution is -0.120. The second-order valence-electron chi connectivity index (χ2n) is 3.59. The highest BCUT2D eigenvalue weighted by Gasteiger charge is 2.26. The molecule has 1 aromatic heterocycles. The van der Waals surface area contributed by atoms with Crippen LogP contribution in [0, 0.1) is 0 Å². The highest BCUT2D eigenvalue weighted by molar-refractivity contribution is 9.10. The van der Waals surface area contributed by atoms with Gasteiger partial charge in [0.2, 0.25) is 5.91 Å². The Bertz CT molecular complexity index is 348. The monoisotopic (exact) mass is 271 g/mol. The van der Waals surface area contributed by atoms with Crippen LogP contribution < -0.4 is 11.1 Å². The molecule has 1 aromatic rings. The molecule has 0 saturated heterocycles. The number of carbonyl (C=O) groups excluding carboxylic acids is 1. The fraction of sp³-hybridized carbons (Fsp3) is 0.400. The van der Waals surface area contributed by atoms with E-state index in [1.807, 2.05) is 13.0 Å². The van der Waals surface area contributed by atoms with Crippen LogP contribution in [0.1, 0.15) is 20.3 Å². The van der Waals surface area contributed by atoms with Gasteiger partial charge in [0.05, 0.1) is 5.54 Å². The predicted molar refractivity (Wildman–Crippen MR) is 63.5 cm³/mol. The molecule has 0 aliphatic carbocycles. The molecule has 1 heterocycles. The number of amides is 1. The summed E-state index contributed by atoms with van der Waals surface area (Å²) in [5, 5.41) is 2.66. The molecule has 3 N–H and O–H groups in total. The number of anilines is 1. The Morgan fingerprint density at radius 3 is 2.80 bits per heavy atom. The molecule has 0 radical (unpaired) electrons. The van der Waals surface area contributed by atoms with Gasteiger partial charge < -0.3 is 11.1 Å². The minimum atomic E-state index is -0.852. The minimum Gasteiger partial charge on any atom is -0.318 e. The van der Waals surface area contributed by atoms with Crippen molar-refractivity contribution >= 4 is 27.7 Å². The van der Waals surface area contributed by atoms with Gasteiger partial charge in [-0.15, -0.1) is 0 Å². The first-order valence-electron chi connectivity index (χ1n) is 4.67. The lowest BCUT2D eigenvalue weighted by Gasteiger charge is -2.20. The van der Waals surface area contributed by atoms with E-state index in [9.17, 15) is 4.79 Å². The van der Waals surface area contributed by atoms with Crippen molar-refractivity contribution in [2.24, 2.45) is 5.73 Å². The SMILES string of the molecule is CCC(C)(N)C(=O)Nc1ccc(Br)cn1. The van der Waals surface area contributed by atoms with Crippen molar-refractivity contribution in [3.05, 3.63) is 22.8 Å². The summed E-state index contributed by atoms with van der Waals surface area (Å²) in [6.07, 6.45) is 2.20. The molecule has 0 aliphatic heterocycles. The van der Waals surface area contributed by atoms with Crippen LogP contribution >= 0.6 is 15.9 Å². The second kappa shape index (κ2) is 4.72. The van der Waals surface area contributed by atoms with Gasteiger partial charge in [-0.05, 0) is 41.4 Å². The average molecular weight is 272 g/mol. The average Bonchev–Trinajstić information content (AvgIpc) is 2.21. The number of halogens is 1. The predicted octanol–water partition coefficient (Wildman–Crippen LogP) is 1.91. The van der Waals surface area contributed by atoms with Gasteiger partial charge in [0.15, 0.2) is 0 Å². The van der Waals surface area contributed by atoms with E-state index in [1.165, 1.54) is 0 Å². The van der Waals surface area contributed by atoms with Crippen LogP contribution in [0.4, 0.5) is 5.82 Å². The maximum atomic E-state index is 11.7. The molecule has 0 aliphatic rings. The number of carbonyl (C=O) groups is 1. The van der Waals surface area contributed by atoms with E-state index in [-0.39, 0.29) is 5.91 Å². The van der Waals surface area contributed by atoms with E-state index in [1.54, 1.807) is 19.2 Å². The Labute approximate surface area is 97.4 Å². The number of pyridine rings is 1. The zero-order chi connectivity index (χ0) is 11.5. The zero-order valence-corrected chi connectivity index (χ0v) is 10.3. The topological polar surface area (TPSA) is 68.0 Å². The summed E-state index contributed by atoms with van der Waals surface area (Å²) < 4.78 is 0.867. The van der Waals surface area contributed by atoms with Gasteiger partial charge in [0.25, 0.3) is 0 Å². The number of hydrogen-bond donors (Lipinski definition) is 2. The molecular formula is C10H14BrN3O. The van der Waals surface area contributed by atoms with Gasteiger partial charge in [-0.1, -0.05) is 6.92 Å². The second-order valence-corrected chi connectivity index (χ2v) is 4.50. The van der Waals surface area contributed by atoms with Crippen LogP contribution in [0.25, 0.3) is 0 Å². The van der Waals surface area contributed by atoms with Crippen molar-refractivity contribution in [1.82, 2.24) is 4.98 Å². The Balaban J connectivity index is 2.71. The Morgan fingerprint density at radius 1 is 1.67 bits per heavy atom. The molecule has 0 bridgehead atoms. The van der Waals surface area contributed by atoms with E-state index in [0.717, 1.165) is 4.47 Å². The number of nitrogens with two attached hydrogens (primary N) is 1. The van der Waals surface area contributed by atoms with E-state index in [4.69, 9.17) is 5.73 Å². The molecule has 5 heteroatoms. The normalized spacial score (nSPS) is 14.4. The Morgan fingerprint density at radius 2 is 2.33 bits per heavy atom. The quantitative estimate of drug-likeness (QED) is 0.883. The first kappa shape index (κ1) is 12.1. The molecule has 1 amide bonds. The van der Waals surface area contributed by atoms with E-state index < -0.39 is 5.54 Å². The number of hydrogen-bond acceptors (Lipinski definition) is 3. The molecule has 1 rings (SSSR count). The lowest BCUT2D eigenvalue weighted by Crippen LogP contribution is -2.47. The Hall–Kier alpha value is -0.940. The van der Waals surface area contributed by atoms with Crippen LogP contribution in [0.2, 0.25) is 0 Å². The van der Waals surface area contributed by atoms with Crippen LogP contribution in [-0.4, -0.2) is 16.4 Å². The molecule has 82 valence electrons. The van der Waals surface area contributed by atoms with Gasteiger partial charge in [-0.3, -0.25) is 4.79 Å². The van der Waals surface area contributed by atoms with Crippen molar-refractivity contribution in [3.8, 4) is 0 Å². The zero-order valence-electron chi connectivity index (χ0n) is 8.75. The van der Waals surface area contributed by atoms with E-state index in [2.05, 4.69) is 26.2 Å². The number of nitrogens with one attached hydrogen (secondary N) is 1. The third-order valence-electron chi connectivity index (χ3n) is 2.22. The largest absolute Gasteiger partial charge is 0.318 e. The first-order valence-corrected chi connectivity index (χ1v) is 5.47. The van der Waals surface area contributed by atoms with Crippen molar-refractivity contribution in [3.63, 3.8) is 0 Å². The molecular weight excluding hydrogens is 258 g/mol. The summed E-state index contributed by atoms with van der Waals surface area (Å²) in [6.45, 7) is 3.57. The third kappa shape index (κ3) is 3.28. The lowest BCUT2D eigenvalue weighted by atomic mass is 10.00. The summed E-state index contributed by atoms with van der Waals surface area (Å²) in [4.78, 5) is 15.7. The molecule has 1 atom stereocenters. The molecule has 0 spiro atoms. The van der Waals surface area contributed by atoms with Gasteiger partial charge in [0, 0.05) is 10.7 Å². The van der Waals surface area contributed by atoms with Gasteiger partial charge in [-0.2, -0.15) is 0 Å². The summed E-state index contributed by atoms with van der Waals surface area (Å²) >= 11 is 3.26. The van der Waals surface area contributed by atoms with Gasteiger partial charge in [0.1, 0.15) is 5.82 Å². The van der Waals surface area contributed by atoms with Crippen LogP contribution in [0.3, 0.4) is 0 Å². The summed E-state index contributed by atoms with van der Waals surface area (Å²) in [5.41, 5.74) is 4.94. The van der Waals surface area contributed by atoms with Gasteiger partial charge in [-0.25, -0.2) is 4.98 Å². The van der Waals surface area contributed by atoms with Crippen LogP contribution in [0.5, 0.6) is 0 Å². The molecule has 4 nitrogen and oxygen atoms in total. The first-order chi connectivity index (χ1) is 6.95. The van der Waals surface area contributed by atoms with Crippen molar-refractivity contribution in [2.45, 2.75) is 25.8 Å². The Kier molecular flexibility index (Phi) is 3.82. The molecule has 0 fully saturated rings. The van der Waals surface area contributed by atoms with Gasteiger partial charge >= 0.3 is 0 Å². The van der Waals surface area contributed by atoms with Crippen molar-refractivity contribution in [2.75, 3.05) is 5.32 Å². The molecule has 15 heavy (non-hydrogen) atoms. The molecule has 0 aromatic carbocycles. The van der Waals surface area contributed by atoms with Crippen LogP contribution in [-0.2, 0) is 4.79 Å². The summed E-state index contributed by atoms with van der Waals surface area (Å²) in [6, 6.07) is 3.52. The number of rotatable bonds is 3. The number of aromatic nitrogens is 1. The highest BCUT2D eigenvalue weighted by Crippen LogP contribution is 2.13. The van der Waals surface area contributed by atoms with E-state index >= 15 is 0 Å². The summed E-state index contributed by atoms with van der Waals surface area (Å²) in [7, 11) is 0. The van der Waals surface area contributed by atoms with Crippen molar-refractivity contribution in [1.29, 1.82) is 0 Å². The molecule has 0 saturated carbocycles. The fourth-order valence-electron chi connectivity index (χ4n) is 0.869. The van der Waals surface area contributed by atoms with E-state index in [0.29, 0.717) is 12.2 Å². The molecule has 1 unspecified atom stereocenters. The number of nitrogens with zero attached hydrogens (tertiary/aromatic N) is 1. The standard InChI is InChI=1S/C10H14BrN3O/c1-3-10(2,12)9(15)14-8-5-4-7(11)6-13-8/h4-6H,3,12H2,1-2H3,(H,13,14,15). The van der Waals surface area contributed by atoms with Crippen LogP contribution in [0.15, 0.2) is 22.8 Å². The van der Waals surface area contributed by atoms with Crippen molar-refractivity contribution < 1.29 is 4.79 Å². The smallest absolute Gasteiger partial charge is 0.245 e. The maximum Gasteiger partial charge on any atom is 0.245 e. The third-order valence-corrected chi connectivity index (χ3v) is 2.69.